The average Bonchev–Trinajstić information content (AvgIpc) is 2.97. The van der Waals surface area contributed by atoms with Gasteiger partial charge in [0.05, 0.1) is 24.9 Å². The Morgan fingerprint density at radius 3 is 2.48 bits per heavy atom. The Hall–Kier alpha value is -2.79. The van der Waals surface area contributed by atoms with Crippen LogP contribution in [0, 0.1) is 6.92 Å². The highest BCUT2D eigenvalue weighted by Gasteiger charge is 2.15. The van der Waals surface area contributed by atoms with E-state index >= 15 is 0 Å². The van der Waals surface area contributed by atoms with E-state index in [1.807, 2.05) is 43.3 Å². The largest absolute Gasteiger partial charge is 0.497 e. The van der Waals surface area contributed by atoms with E-state index in [0.717, 1.165) is 22.6 Å². The molecule has 128 valence electrons. The standard InChI is InChI=1S/C19H18ClN3O2/c1-12-18(19(23-22-12)14-5-7-15(20)8-6-14)21-17(24)11-13-3-9-16(25-2)10-4-13/h3-10H,11H2,1-2H3,(H,21,24)(H,22,23). The van der Waals surface area contributed by atoms with Crippen molar-refractivity contribution in [3.63, 3.8) is 0 Å². The van der Waals surface area contributed by atoms with Crippen LogP contribution in [0.4, 0.5) is 5.69 Å². The third-order valence-corrected chi connectivity index (χ3v) is 4.11. The number of carbonyl (C=O) groups excluding carboxylic acids is 1. The van der Waals surface area contributed by atoms with Crippen LogP contribution in [-0.4, -0.2) is 23.2 Å². The lowest BCUT2D eigenvalue weighted by Crippen LogP contribution is -2.15. The molecule has 0 radical (unpaired) electrons. The fourth-order valence-corrected chi connectivity index (χ4v) is 2.64. The first-order valence-corrected chi connectivity index (χ1v) is 8.18. The summed E-state index contributed by atoms with van der Waals surface area (Å²) in [5.74, 6) is 0.657. The summed E-state index contributed by atoms with van der Waals surface area (Å²) in [5.41, 5.74) is 3.96. The number of aromatic amines is 1. The van der Waals surface area contributed by atoms with Gasteiger partial charge in [-0.25, -0.2) is 0 Å². The number of H-pyrrole nitrogens is 1. The number of ether oxygens (including phenoxy) is 1. The maximum atomic E-state index is 12.4. The Balaban J connectivity index is 1.76. The van der Waals surface area contributed by atoms with Crippen LogP contribution in [0.15, 0.2) is 48.5 Å². The summed E-state index contributed by atoms with van der Waals surface area (Å²) in [6.45, 7) is 1.87. The molecular weight excluding hydrogens is 338 g/mol. The van der Waals surface area contributed by atoms with Crippen LogP contribution in [0.5, 0.6) is 5.75 Å². The highest BCUT2D eigenvalue weighted by Crippen LogP contribution is 2.29. The molecule has 0 saturated carbocycles. The number of halogens is 1. The minimum absolute atomic E-state index is 0.107. The van der Waals surface area contributed by atoms with Crippen molar-refractivity contribution in [2.75, 3.05) is 12.4 Å². The van der Waals surface area contributed by atoms with E-state index in [9.17, 15) is 4.79 Å². The fourth-order valence-electron chi connectivity index (χ4n) is 2.51. The van der Waals surface area contributed by atoms with Crippen LogP contribution in [0.3, 0.4) is 0 Å². The van der Waals surface area contributed by atoms with Crippen LogP contribution in [0.1, 0.15) is 11.3 Å². The van der Waals surface area contributed by atoms with E-state index in [2.05, 4.69) is 15.5 Å². The molecule has 0 unspecified atom stereocenters. The molecule has 5 nitrogen and oxygen atoms in total. The third-order valence-electron chi connectivity index (χ3n) is 3.85. The molecule has 0 spiro atoms. The van der Waals surface area contributed by atoms with Crippen LogP contribution in [-0.2, 0) is 11.2 Å². The highest BCUT2D eigenvalue weighted by molar-refractivity contribution is 6.30. The number of amides is 1. The van der Waals surface area contributed by atoms with Gasteiger partial charge in [-0.3, -0.25) is 9.89 Å². The van der Waals surface area contributed by atoms with Crippen LogP contribution < -0.4 is 10.1 Å². The Kier molecular flexibility index (Phi) is 5.05. The van der Waals surface area contributed by atoms with Crippen molar-refractivity contribution in [2.24, 2.45) is 0 Å². The molecule has 0 fully saturated rings. The number of aromatic nitrogens is 2. The lowest BCUT2D eigenvalue weighted by atomic mass is 10.1. The molecule has 0 aliphatic rings. The lowest BCUT2D eigenvalue weighted by Gasteiger charge is -2.08. The minimum atomic E-state index is -0.107. The first-order valence-electron chi connectivity index (χ1n) is 7.80. The van der Waals surface area contributed by atoms with E-state index in [-0.39, 0.29) is 12.3 Å². The van der Waals surface area contributed by atoms with E-state index in [1.54, 1.807) is 19.2 Å². The molecular formula is C19H18ClN3O2. The Bertz CT molecular complexity index is 871. The van der Waals surface area contributed by atoms with Gasteiger partial charge in [0.2, 0.25) is 5.91 Å². The number of nitrogens with zero attached hydrogens (tertiary/aromatic N) is 1. The van der Waals surface area contributed by atoms with Gasteiger partial charge in [-0.05, 0) is 36.8 Å². The SMILES string of the molecule is COc1ccc(CC(=O)Nc2c(-c3ccc(Cl)cc3)n[nH]c2C)cc1. The van der Waals surface area contributed by atoms with Gasteiger partial charge in [0.25, 0.3) is 0 Å². The molecule has 0 aliphatic carbocycles. The first-order chi connectivity index (χ1) is 12.1. The van der Waals surface area contributed by atoms with Crippen molar-refractivity contribution < 1.29 is 9.53 Å². The summed E-state index contributed by atoms with van der Waals surface area (Å²) in [4.78, 5) is 12.4. The van der Waals surface area contributed by atoms with Crippen molar-refractivity contribution in [1.82, 2.24) is 10.2 Å². The zero-order valence-electron chi connectivity index (χ0n) is 14.0. The number of hydrogen-bond donors (Lipinski definition) is 2. The van der Waals surface area contributed by atoms with Gasteiger partial charge >= 0.3 is 0 Å². The molecule has 3 aromatic rings. The van der Waals surface area contributed by atoms with Crippen molar-refractivity contribution in [3.05, 3.63) is 64.8 Å². The second-order valence-electron chi connectivity index (χ2n) is 5.65. The normalized spacial score (nSPS) is 10.5. The summed E-state index contributed by atoms with van der Waals surface area (Å²) in [6.07, 6.45) is 0.272. The van der Waals surface area contributed by atoms with Gasteiger partial charge in [0.1, 0.15) is 11.4 Å². The number of rotatable bonds is 5. The molecule has 1 heterocycles. The second kappa shape index (κ2) is 7.40. The highest BCUT2D eigenvalue weighted by atomic mass is 35.5. The molecule has 6 heteroatoms. The number of methoxy groups -OCH3 is 1. The molecule has 0 saturated heterocycles. The smallest absolute Gasteiger partial charge is 0.228 e. The number of anilines is 1. The van der Waals surface area contributed by atoms with E-state index < -0.39 is 0 Å². The third kappa shape index (κ3) is 4.00. The number of aryl methyl sites for hydroxylation is 1. The Morgan fingerprint density at radius 1 is 1.16 bits per heavy atom. The number of benzene rings is 2. The first kappa shape index (κ1) is 17.0. The van der Waals surface area contributed by atoms with Crippen LogP contribution in [0.2, 0.25) is 5.02 Å². The van der Waals surface area contributed by atoms with Crippen LogP contribution in [0.25, 0.3) is 11.3 Å². The van der Waals surface area contributed by atoms with Gasteiger partial charge in [0.15, 0.2) is 0 Å². The van der Waals surface area contributed by atoms with E-state index in [1.165, 1.54) is 0 Å². The quantitative estimate of drug-likeness (QED) is 0.719. The number of hydrogen-bond acceptors (Lipinski definition) is 3. The molecule has 2 aromatic carbocycles. The molecule has 2 N–H and O–H groups in total. The molecule has 0 bridgehead atoms. The van der Waals surface area contributed by atoms with Gasteiger partial charge in [-0.2, -0.15) is 5.10 Å². The minimum Gasteiger partial charge on any atom is -0.497 e. The van der Waals surface area contributed by atoms with Crippen molar-refractivity contribution in [1.29, 1.82) is 0 Å². The maximum absolute atomic E-state index is 12.4. The van der Waals surface area contributed by atoms with Gasteiger partial charge in [-0.1, -0.05) is 35.9 Å². The lowest BCUT2D eigenvalue weighted by molar-refractivity contribution is -0.115. The fraction of sp³-hybridized carbons (Fsp3) is 0.158. The number of nitrogens with one attached hydrogen (secondary N) is 2. The van der Waals surface area contributed by atoms with E-state index in [4.69, 9.17) is 16.3 Å². The maximum Gasteiger partial charge on any atom is 0.228 e. The predicted octanol–water partition coefficient (Wildman–Crippen LogP) is 4.23. The molecule has 0 atom stereocenters. The summed E-state index contributed by atoms with van der Waals surface area (Å²) in [5, 5.41) is 10.8. The Morgan fingerprint density at radius 2 is 1.84 bits per heavy atom. The summed E-state index contributed by atoms with van der Waals surface area (Å²) >= 11 is 5.93. The molecule has 1 aromatic heterocycles. The monoisotopic (exact) mass is 355 g/mol. The van der Waals surface area contributed by atoms with Crippen molar-refractivity contribution in [2.45, 2.75) is 13.3 Å². The average molecular weight is 356 g/mol. The van der Waals surface area contributed by atoms with Gasteiger partial charge in [0, 0.05) is 10.6 Å². The second-order valence-corrected chi connectivity index (χ2v) is 6.09. The Labute approximate surface area is 151 Å². The summed E-state index contributed by atoms with van der Waals surface area (Å²) in [7, 11) is 1.61. The zero-order valence-corrected chi connectivity index (χ0v) is 14.7. The summed E-state index contributed by atoms with van der Waals surface area (Å²) in [6, 6.07) is 14.8. The van der Waals surface area contributed by atoms with Crippen molar-refractivity contribution >= 4 is 23.2 Å². The van der Waals surface area contributed by atoms with Crippen molar-refractivity contribution in [3.8, 4) is 17.0 Å². The van der Waals surface area contributed by atoms with Gasteiger partial charge < -0.3 is 10.1 Å². The summed E-state index contributed by atoms with van der Waals surface area (Å²) < 4.78 is 5.13. The molecule has 0 aliphatic heterocycles. The van der Waals surface area contributed by atoms with Crippen LogP contribution >= 0.6 is 11.6 Å². The van der Waals surface area contributed by atoms with Gasteiger partial charge in [-0.15, -0.1) is 0 Å². The molecule has 3 rings (SSSR count). The topological polar surface area (TPSA) is 67.0 Å². The van der Waals surface area contributed by atoms with E-state index in [0.29, 0.717) is 16.4 Å². The molecule has 25 heavy (non-hydrogen) atoms. The predicted molar refractivity (Wildman–Crippen MR) is 99.1 cm³/mol. The zero-order chi connectivity index (χ0) is 17.8. The molecule has 1 amide bonds. The number of carbonyl (C=O) groups is 1.